The van der Waals surface area contributed by atoms with Gasteiger partial charge in [0.1, 0.15) is 0 Å². The number of aryl methyl sites for hydroxylation is 1. The summed E-state index contributed by atoms with van der Waals surface area (Å²) in [6.45, 7) is 2.14. The molecule has 0 amide bonds. The van der Waals surface area contributed by atoms with Gasteiger partial charge in [0.15, 0.2) is 0 Å². The first kappa shape index (κ1) is 12.8. The van der Waals surface area contributed by atoms with Gasteiger partial charge < -0.3 is 5.32 Å². The molecular weight excluding hydrogens is 230 g/mol. The van der Waals surface area contributed by atoms with Crippen LogP contribution in [0.1, 0.15) is 50.5 Å². The maximum absolute atomic E-state index is 6.05. The van der Waals surface area contributed by atoms with Crippen molar-refractivity contribution in [2.45, 2.75) is 57.9 Å². The summed E-state index contributed by atoms with van der Waals surface area (Å²) in [4.78, 5) is 0. The lowest BCUT2D eigenvalue weighted by Gasteiger charge is -2.23. The third-order valence-corrected chi connectivity index (χ3v) is 3.90. The molecule has 1 aromatic rings. The van der Waals surface area contributed by atoms with E-state index in [0.717, 1.165) is 5.02 Å². The van der Waals surface area contributed by atoms with E-state index < -0.39 is 0 Å². The van der Waals surface area contributed by atoms with Crippen LogP contribution < -0.4 is 5.32 Å². The lowest BCUT2D eigenvalue weighted by Crippen LogP contribution is -2.21. The van der Waals surface area contributed by atoms with Gasteiger partial charge in [-0.15, -0.1) is 0 Å². The lowest BCUT2D eigenvalue weighted by molar-refractivity contribution is 0.471. The summed E-state index contributed by atoms with van der Waals surface area (Å²) in [6, 6.07) is 6.73. The lowest BCUT2D eigenvalue weighted by atomic mass is 9.96. The molecule has 0 spiro atoms. The summed E-state index contributed by atoms with van der Waals surface area (Å²) in [7, 11) is 0. The standard InChI is InChI=1S/C15H22ClN/c1-12-9-10-13(16)11-15(12)17-14-7-5-3-2-4-6-8-14/h9-11,14,17H,2-8H2,1H3. The van der Waals surface area contributed by atoms with Gasteiger partial charge in [-0.25, -0.2) is 0 Å². The minimum absolute atomic E-state index is 0.632. The van der Waals surface area contributed by atoms with E-state index in [9.17, 15) is 0 Å². The zero-order valence-corrected chi connectivity index (χ0v) is 11.4. The Morgan fingerprint density at radius 3 is 2.41 bits per heavy atom. The van der Waals surface area contributed by atoms with Gasteiger partial charge in [0.05, 0.1) is 0 Å². The van der Waals surface area contributed by atoms with Crippen molar-refractivity contribution in [3.05, 3.63) is 28.8 Å². The zero-order valence-electron chi connectivity index (χ0n) is 10.6. The van der Waals surface area contributed by atoms with Gasteiger partial charge in [-0.05, 0) is 37.5 Å². The first-order chi connectivity index (χ1) is 8.25. The van der Waals surface area contributed by atoms with E-state index in [1.807, 2.05) is 6.07 Å². The second-order valence-electron chi connectivity index (χ2n) is 5.15. The molecule has 0 unspecified atom stereocenters. The topological polar surface area (TPSA) is 12.0 Å². The van der Waals surface area contributed by atoms with Crippen LogP contribution in [0.15, 0.2) is 18.2 Å². The van der Waals surface area contributed by atoms with E-state index in [1.165, 1.54) is 56.2 Å². The molecule has 1 fully saturated rings. The van der Waals surface area contributed by atoms with E-state index in [0.29, 0.717) is 6.04 Å². The number of benzene rings is 1. The Labute approximate surface area is 110 Å². The van der Waals surface area contributed by atoms with Crippen molar-refractivity contribution in [1.82, 2.24) is 0 Å². The first-order valence-electron chi connectivity index (χ1n) is 6.78. The van der Waals surface area contributed by atoms with E-state index in [-0.39, 0.29) is 0 Å². The van der Waals surface area contributed by atoms with Crippen LogP contribution in [0.4, 0.5) is 5.69 Å². The van der Waals surface area contributed by atoms with E-state index in [2.05, 4.69) is 24.4 Å². The highest BCUT2D eigenvalue weighted by Gasteiger charge is 2.12. The fraction of sp³-hybridized carbons (Fsp3) is 0.600. The van der Waals surface area contributed by atoms with Crippen LogP contribution in [-0.2, 0) is 0 Å². The third kappa shape index (κ3) is 3.92. The molecule has 0 aromatic heterocycles. The quantitative estimate of drug-likeness (QED) is 0.764. The third-order valence-electron chi connectivity index (χ3n) is 3.66. The molecule has 94 valence electrons. The molecule has 1 aliphatic carbocycles. The van der Waals surface area contributed by atoms with Gasteiger partial charge in [-0.3, -0.25) is 0 Å². The average Bonchev–Trinajstić information content (AvgIpc) is 2.27. The smallest absolute Gasteiger partial charge is 0.0426 e. The molecule has 0 radical (unpaired) electrons. The van der Waals surface area contributed by atoms with Crippen LogP contribution in [0.3, 0.4) is 0 Å². The molecule has 2 rings (SSSR count). The number of halogens is 1. The average molecular weight is 252 g/mol. The molecule has 1 aromatic carbocycles. The van der Waals surface area contributed by atoms with Gasteiger partial charge in [-0.1, -0.05) is 49.8 Å². The SMILES string of the molecule is Cc1ccc(Cl)cc1NC1CCCCCCC1. The maximum atomic E-state index is 6.05. The predicted octanol–water partition coefficient (Wildman–Crippen LogP) is 5.17. The van der Waals surface area contributed by atoms with Gasteiger partial charge in [0.2, 0.25) is 0 Å². The molecule has 0 bridgehead atoms. The number of rotatable bonds is 2. The van der Waals surface area contributed by atoms with Crippen molar-refractivity contribution >= 4 is 17.3 Å². The summed E-state index contributed by atoms with van der Waals surface area (Å²) in [5.41, 5.74) is 2.50. The summed E-state index contributed by atoms with van der Waals surface area (Å²) in [5, 5.41) is 4.50. The molecule has 17 heavy (non-hydrogen) atoms. The van der Waals surface area contributed by atoms with Gasteiger partial charge in [0.25, 0.3) is 0 Å². The van der Waals surface area contributed by atoms with Crippen LogP contribution in [0.5, 0.6) is 0 Å². The van der Waals surface area contributed by atoms with Crippen molar-refractivity contribution in [2.24, 2.45) is 0 Å². The number of anilines is 1. The largest absolute Gasteiger partial charge is 0.382 e. The Kier molecular flexibility index (Phi) is 4.73. The number of hydrogen-bond donors (Lipinski definition) is 1. The number of hydrogen-bond acceptors (Lipinski definition) is 1. The second-order valence-corrected chi connectivity index (χ2v) is 5.58. The van der Waals surface area contributed by atoms with Crippen LogP contribution in [0, 0.1) is 6.92 Å². The molecule has 2 heteroatoms. The highest BCUT2D eigenvalue weighted by Crippen LogP contribution is 2.25. The van der Waals surface area contributed by atoms with E-state index in [1.54, 1.807) is 0 Å². The summed E-state index contributed by atoms with van der Waals surface area (Å²) in [5.74, 6) is 0. The first-order valence-corrected chi connectivity index (χ1v) is 7.16. The van der Waals surface area contributed by atoms with Gasteiger partial charge in [0, 0.05) is 16.8 Å². The second kappa shape index (κ2) is 6.30. The molecule has 1 aliphatic rings. The van der Waals surface area contributed by atoms with Crippen LogP contribution in [0.2, 0.25) is 5.02 Å². The Morgan fingerprint density at radius 2 is 1.71 bits per heavy atom. The molecule has 1 saturated carbocycles. The van der Waals surface area contributed by atoms with Crippen molar-refractivity contribution in [3.8, 4) is 0 Å². The van der Waals surface area contributed by atoms with Crippen LogP contribution in [-0.4, -0.2) is 6.04 Å². The zero-order chi connectivity index (χ0) is 12.1. The Morgan fingerprint density at radius 1 is 1.06 bits per heavy atom. The van der Waals surface area contributed by atoms with Crippen molar-refractivity contribution < 1.29 is 0 Å². The molecule has 0 aliphatic heterocycles. The maximum Gasteiger partial charge on any atom is 0.0426 e. The fourth-order valence-corrected chi connectivity index (χ4v) is 2.74. The molecule has 1 nitrogen and oxygen atoms in total. The summed E-state index contributed by atoms with van der Waals surface area (Å²) in [6.07, 6.45) is 9.52. The van der Waals surface area contributed by atoms with Crippen LogP contribution in [0.25, 0.3) is 0 Å². The Hall–Kier alpha value is -0.690. The molecule has 0 atom stereocenters. The van der Waals surface area contributed by atoms with Crippen molar-refractivity contribution in [2.75, 3.05) is 5.32 Å². The Balaban J connectivity index is 2.00. The van der Waals surface area contributed by atoms with Crippen molar-refractivity contribution in [1.29, 1.82) is 0 Å². The minimum atomic E-state index is 0.632. The predicted molar refractivity (Wildman–Crippen MR) is 75.9 cm³/mol. The highest BCUT2D eigenvalue weighted by molar-refractivity contribution is 6.30. The monoisotopic (exact) mass is 251 g/mol. The summed E-state index contributed by atoms with van der Waals surface area (Å²) < 4.78 is 0. The summed E-state index contributed by atoms with van der Waals surface area (Å²) >= 11 is 6.05. The van der Waals surface area contributed by atoms with E-state index in [4.69, 9.17) is 11.6 Å². The number of nitrogens with one attached hydrogen (secondary N) is 1. The fourth-order valence-electron chi connectivity index (χ4n) is 2.57. The Bertz CT molecular complexity index is 354. The van der Waals surface area contributed by atoms with Gasteiger partial charge in [-0.2, -0.15) is 0 Å². The van der Waals surface area contributed by atoms with Crippen LogP contribution >= 0.6 is 11.6 Å². The minimum Gasteiger partial charge on any atom is -0.382 e. The van der Waals surface area contributed by atoms with Crippen molar-refractivity contribution in [3.63, 3.8) is 0 Å². The molecular formula is C15H22ClN. The molecule has 0 saturated heterocycles. The molecule has 1 N–H and O–H groups in total. The normalized spacial score (nSPS) is 18.5. The molecule has 0 heterocycles. The van der Waals surface area contributed by atoms with E-state index >= 15 is 0 Å². The highest BCUT2D eigenvalue weighted by atomic mass is 35.5. The van der Waals surface area contributed by atoms with Gasteiger partial charge >= 0.3 is 0 Å².